The van der Waals surface area contributed by atoms with Crippen LogP contribution in [-0.4, -0.2) is 11.2 Å². The standard InChI is InChI=1S/C19H30O2/c1-14(2)13-19(11-7-8-12-19)18(20)16-9-5-6-10-17(16)21-15(3)4/h5-6,9-10,14-15,18,20H,7-8,11-13H2,1-4H3. The van der Waals surface area contributed by atoms with E-state index in [1.54, 1.807) is 0 Å². The van der Waals surface area contributed by atoms with Crippen LogP contribution in [0.25, 0.3) is 0 Å². The van der Waals surface area contributed by atoms with Crippen LogP contribution in [0.15, 0.2) is 24.3 Å². The van der Waals surface area contributed by atoms with E-state index in [-0.39, 0.29) is 11.5 Å². The third kappa shape index (κ3) is 3.79. The maximum Gasteiger partial charge on any atom is 0.125 e. The van der Waals surface area contributed by atoms with E-state index in [1.807, 2.05) is 38.1 Å². The summed E-state index contributed by atoms with van der Waals surface area (Å²) in [4.78, 5) is 0. The first-order chi connectivity index (χ1) is 9.94. The van der Waals surface area contributed by atoms with Gasteiger partial charge in [0.15, 0.2) is 0 Å². The van der Waals surface area contributed by atoms with Gasteiger partial charge in [-0.25, -0.2) is 0 Å². The van der Waals surface area contributed by atoms with Crippen LogP contribution >= 0.6 is 0 Å². The molecule has 0 aromatic heterocycles. The molecule has 0 radical (unpaired) electrons. The van der Waals surface area contributed by atoms with Crippen LogP contribution in [0.2, 0.25) is 0 Å². The highest BCUT2D eigenvalue weighted by Crippen LogP contribution is 2.52. The number of aliphatic hydroxyl groups is 1. The van der Waals surface area contributed by atoms with E-state index in [2.05, 4.69) is 13.8 Å². The van der Waals surface area contributed by atoms with Gasteiger partial charge in [-0.3, -0.25) is 0 Å². The normalized spacial score (nSPS) is 19.2. The lowest BCUT2D eigenvalue weighted by molar-refractivity contribution is 0.00869. The van der Waals surface area contributed by atoms with Crippen molar-refractivity contribution >= 4 is 0 Å². The van der Waals surface area contributed by atoms with E-state index in [9.17, 15) is 5.11 Å². The van der Waals surface area contributed by atoms with Crippen LogP contribution in [0.4, 0.5) is 0 Å². The second-order valence-electron chi connectivity index (χ2n) is 7.27. The molecular weight excluding hydrogens is 260 g/mol. The largest absolute Gasteiger partial charge is 0.491 e. The molecule has 1 atom stereocenters. The average molecular weight is 290 g/mol. The first-order valence-corrected chi connectivity index (χ1v) is 8.38. The number of benzene rings is 1. The number of hydrogen-bond acceptors (Lipinski definition) is 2. The summed E-state index contributed by atoms with van der Waals surface area (Å²) in [6.07, 6.45) is 5.52. The fraction of sp³-hybridized carbons (Fsp3) is 0.684. The molecule has 0 heterocycles. The van der Waals surface area contributed by atoms with Crippen molar-refractivity contribution < 1.29 is 9.84 Å². The quantitative estimate of drug-likeness (QED) is 0.788. The second-order valence-corrected chi connectivity index (χ2v) is 7.27. The summed E-state index contributed by atoms with van der Waals surface area (Å²) < 4.78 is 5.92. The van der Waals surface area contributed by atoms with E-state index < -0.39 is 6.10 Å². The van der Waals surface area contributed by atoms with Crippen molar-refractivity contribution in [2.75, 3.05) is 0 Å². The van der Waals surface area contributed by atoms with Gasteiger partial charge in [-0.1, -0.05) is 44.9 Å². The summed E-state index contributed by atoms with van der Waals surface area (Å²) in [6.45, 7) is 8.57. The third-order valence-electron chi connectivity index (χ3n) is 4.57. The summed E-state index contributed by atoms with van der Waals surface area (Å²) in [6, 6.07) is 8.00. The number of ether oxygens (including phenoxy) is 1. The Balaban J connectivity index is 2.30. The molecule has 21 heavy (non-hydrogen) atoms. The molecule has 1 aliphatic rings. The Labute approximate surface area is 129 Å². The van der Waals surface area contributed by atoms with Crippen LogP contribution in [0.5, 0.6) is 5.75 Å². The Bertz CT molecular complexity index is 445. The van der Waals surface area contributed by atoms with Crippen molar-refractivity contribution in [1.82, 2.24) is 0 Å². The molecule has 1 aromatic rings. The van der Waals surface area contributed by atoms with Crippen molar-refractivity contribution in [2.45, 2.75) is 72.0 Å². The maximum atomic E-state index is 11.1. The Morgan fingerprint density at radius 1 is 1.10 bits per heavy atom. The number of rotatable bonds is 6. The van der Waals surface area contributed by atoms with Crippen molar-refractivity contribution in [1.29, 1.82) is 0 Å². The molecule has 2 rings (SSSR count). The predicted molar refractivity (Wildman–Crippen MR) is 87.5 cm³/mol. The highest BCUT2D eigenvalue weighted by Gasteiger charge is 2.42. The van der Waals surface area contributed by atoms with Crippen LogP contribution in [0.3, 0.4) is 0 Å². The number of hydrogen-bond donors (Lipinski definition) is 1. The molecule has 0 amide bonds. The van der Waals surface area contributed by atoms with E-state index in [4.69, 9.17) is 4.74 Å². The van der Waals surface area contributed by atoms with Gasteiger partial charge in [0.25, 0.3) is 0 Å². The molecule has 1 saturated carbocycles. The van der Waals surface area contributed by atoms with Gasteiger partial charge in [0.1, 0.15) is 5.75 Å². The molecule has 0 aliphatic heterocycles. The van der Waals surface area contributed by atoms with Crippen molar-refractivity contribution in [3.8, 4) is 5.75 Å². The monoisotopic (exact) mass is 290 g/mol. The number of para-hydroxylation sites is 1. The molecular formula is C19H30O2. The second kappa shape index (κ2) is 6.83. The van der Waals surface area contributed by atoms with Crippen LogP contribution in [-0.2, 0) is 0 Å². The lowest BCUT2D eigenvalue weighted by Gasteiger charge is -2.37. The molecule has 118 valence electrons. The van der Waals surface area contributed by atoms with E-state index in [0.717, 1.165) is 30.6 Å². The first kappa shape index (κ1) is 16.4. The van der Waals surface area contributed by atoms with Crippen LogP contribution in [0.1, 0.15) is 71.5 Å². The summed E-state index contributed by atoms with van der Waals surface area (Å²) in [7, 11) is 0. The Kier molecular flexibility index (Phi) is 5.32. The van der Waals surface area contributed by atoms with Gasteiger partial charge in [0.2, 0.25) is 0 Å². The Morgan fingerprint density at radius 3 is 2.29 bits per heavy atom. The van der Waals surface area contributed by atoms with Gasteiger partial charge in [-0.05, 0) is 45.1 Å². The zero-order valence-corrected chi connectivity index (χ0v) is 13.9. The van der Waals surface area contributed by atoms with Gasteiger partial charge in [-0.15, -0.1) is 0 Å². The zero-order valence-electron chi connectivity index (χ0n) is 13.9. The highest BCUT2D eigenvalue weighted by atomic mass is 16.5. The van der Waals surface area contributed by atoms with Gasteiger partial charge < -0.3 is 9.84 Å². The molecule has 0 saturated heterocycles. The van der Waals surface area contributed by atoms with E-state index in [1.165, 1.54) is 12.8 Å². The van der Waals surface area contributed by atoms with Crippen molar-refractivity contribution in [2.24, 2.45) is 11.3 Å². The Hall–Kier alpha value is -1.02. The highest BCUT2D eigenvalue weighted by molar-refractivity contribution is 5.36. The molecule has 2 heteroatoms. The van der Waals surface area contributed by atoms with Gasteiger partial charge in [0.05, 0.1) is 12.2 Å². The fourth-order valence-electron chi connectivity index (χ4n) is 3.88. The van der Waals surface area contributed by atoms with Crippen molar-refractivity contribution in [3.05, 3.63) is 29.8 Å². The van der Waals surface area contributed by atoms with Crippen molar-refractivity contribution in [3.63, 3.8) is 0 Å². The minimum Gasteiger partial charge on any atom is -0.491 e. The zero-order chi connectivity index (χ0) is 15.5. The predicted octanol–water partition coefficient (Wildman–Crippen LogP) is 5.11. The SMILES string of the molecule is CC(C)CC1(C(O)c2ccccc2OC(C)C)CCCC1. The van der Waals surface area contributed by atoms with Gasteiger partial charge in [0, 0.05) is 11.0 Å². The minimum absolute atomic E-state index is 0.0324. The van der Waals surface area contributed by atoms with Crippen LogP contribution < -0.4 is 4.74 Å². The summed E-state index contributed by atoms with van der Waals surface area (Å²) in [5.74, 6) is 1.45. The summed E-state index contributed by atoms with van der Waals surface area (Å²) in [5, 5.41) is 11.1. The van der Waals surface area contributed by atoms with E-state index >= 15 is 0 Å². The summed E-state index contributed by atoms with van der Waals surface area (Å²) >= 11 is 0. The summed E-state index contributed by atoms with van der Waals surface area (Å²) in [5.41, 5.74) is 0.999. The topological polar surface area (TPSA) is 29.5 Å². The molecule has 1 N–H and O–H groups in total. The average Bonchev–Trinajstić information content (AvgIpc) is 2.87. The molecule has 1 unspecified atom stereocenters. The fourth-order valence-corrected chi connectivity index (χ4v) is 3.88. The Morgan fingerprint density at radius 2 is 1.71 bits per heavy atom. The van der Waals surface area contributed by atoms with Gasteiger partial charge in [-0.2, -0.15) is 0 Å². The minimum atomic E-state index is -0.419. The lowest BCUT2D eigenvalue weighted by Crippen LogP contribution is -2.28. The first-order valence-electron chi connectivity index (χ1n) is 8.38. The molecule has 1 fully saturated rings. The molecule has 0 spiro atoms. The molecule has 2 nitrogen and oxygen atoms in total. The number of aliphatic hydroxyl groups excluding tert-OH is 1. The third-order valence-corrected chi connectivity index (χ3v) is 4.57. The van der Waals surface area contributed by atoms with Gasteiger partial charge >= 0.3 is 0 Å². The lowest BCUT2D eigenvalue weighted by atomic mass is 9.72. The van der Waals surface area contributed by atoms with E-state index in [0.29, 0.717) is 5.92 Å². The molecule has 1 aliphatic carbocycles. The van der Waals surface area contributed by atoms with Crippen LogP contribution in [0, 0.1) is 11.3 Å². The maximum absolute atomic E-state index is 11.1. The molecule has 1 aromatic carbocycles. The molecule has 0 bridgehead atoms. The smallest absolute Gasteiger partial charge is 0.125 e.